The van der Waals surface area contributed by atoms with E-state index in [0.717, 1.165) is 32.1 Å². The number of carboxylic acids is 1. The molecule has 0 bridgehead atoms. The molecule has 0 spiro atoms. The number of aliphatic carboxylic acids is 1. The molecule has 1 amide bonds. The van der Waals surface area contributed by atoms with Gasteiger partial charge in [-0.05, 0) is 80.1 Å². The number of carboxylic acid groups (broad SMARTS) is 1. The Balaban J connectivity index is 2.11. The van der Waals surface area contributed by atoms with Gasteiger partial charge in [-0.3, -0.25) is 19.2 Å². The average molecular weight is 482 g/mol. The largest absolute Gasteiger partial charge is 0.481 e. The third-order valence-corrected chi connectivity index (χ3v) is 6.59. The molecule has 8 heteroatoms. The first-order valence-electron chi connectivity index (χ1n) is 12.6. The summed E-state index contributed by atoms with van der Waals surface area (Å²) in [6.07, 6.45) is 5.59. The second kappa shape index (κ2) is 11.1. The summed E-state index contributed by atoms with van der Waals surface area (Å²) in [7, 11) is 0. The van der Waals surface area contributed by atoms with E-state index in [4.69, 9.17) is 9.47 Å². The van der Waals surface area contributed by atoms with Crippen LogP contribution >= 0.6 is 0 Å². The Kier molecular flexibility index (Phi) is 9.16. The van der Waals surface area contributed by atoms with Gasteiger partial charge in [-0.25, -0.2) is 0 Å². The van der Waals surface area contributed by atoms with Gasteiger partial charge < -0.3 is 19.9 Å². The fourth-order valence-electron chi connectivity index (χ4n) is 5.14. The number of hydrogen-bond donors (Lipinski definition) is 2. The molecule has 2 rings (SSSR count). The van der Waals surface area contributed by atoms with Gasteiger partial charge >= 0.3 is 17.9 Å². The molecule has 1 unspecified atom stereocenters. The highest BCUT2D eigenvalue weighted by Gasteiger charge is 2.46. The van der Waals surface area contributed by atoms with Crippen molar-refractivity contribution in [1.29, 1.82) is 0 Å². The van der Waals surface area contributed by atoms with E-state index in [1.807, 2.05) is 20.8 Å². The van der Waals surface area contributed by atoms with Crippen molar-refractivity contribution in [1.82, 2.24) is 5.32 Å². The average Bonchev–Trinajstić information content (AvgIpc) is 3.14. The third kappa shape index (κ3) is 8.58. The number of rotatable bonds is 8. The van der Waals surface area contributed by atoms with Gasteiger partial charge in [-0.2, -0.15) is 0 Å². The monoisotopic (exact) mass is 481 g/mol. The van der Waals surface area contributed by atoms with E-state index in [2.05, 4.69) is 5.32 Å². The smallest absolute Gasteiger partial charge is 0.310 e. The predicted octanol–water partition coefficient (Wildman–Crippen LogP) is 4.39. The highest BCUT2D eigenvalue weighted by molar-refractivity contribution is 5.85. The molecular weight excluding hydrogens is 438 g/mol. The van der Waals surface area contributed by atoms with Gasteiger partial charge in [0.1, 0.15) is 11.2 Å². The first-order valence-corrected chi connectivity index (χ1v) is 12.6. The highest BCUT2D eigenvalue weighted by atomic mass is 16.6. The van der Waals surface area contributed by atoms with Crippen molar-refractivity contribution in [3.63, 3.8) is 0 Å². The van der Waals surface area contributed by atoms with Crippen molar-refractivity contribution >= 4 is 23.8 Å². The Morgan fingerprint density at radius 3 is 2.06 bits per heavy atom. The molecule has 194 valence electrons. The van der Waals surface area contributed by atoms with Crippen LogP contribution in [0.3, 0.4) is 0 Å². The van der Waals surface area contributed by atoms with Crippen molar-refractivity contribution in [2.24, 2.45) is 17.3 Å². The van der Waals surface area contributed by atoms with E-state index >= 15 is 0 Å². The van der Waals surface area contributed by atoms with Crippen molar-refractivity contribution in [3.05, 3.63) is 0 Å². The van der Waals surface area contributed by atoms with Crippen LogP contribution < -0.4 is 5.32 Å². The van der Waals surface area contributed by atoms with Crippen molar-refractivity contribution in [3.8, 4) is 0 Å². The molecule has 2 N–H and O–H groups in total. The molecule has 0 aromatic heterocycles. The molecule has 0 radical (unpaired) electrons. The summed E-state index contributed by atoms with van der Waals surface area (Å²) in [4.78, 5) is 50.4. The minimum Gasteiger partial charge on any atom is -0.481 e. The maximum Gasteiger partial charge on any atom is 0.310 e. The first-order chi connectivity index (χ1) is 15.6. The molecule has 2 aliphatic carbocycles. The summed E-state index contributed by atoms with van der Waals surface area (Å²) in [6.45, 7) is 10.7. The van der Waals surface area contributed by atoms with Crippen LogP contribution in [0.1, 0.15) is 106 Å². The van der Waals surface area contributed by atoms with E-state index < -0.39 is 34.5 Å². The minimum atomic E-state index is -1.09. The molecular formula is C26H43NO7. The van der Waals surface area contributed by atoms with Gasteiger partial charge in [0.25, 0.3) is 0 Å². The van der Waals surface area contributed by atoms with Crippen LogP contribution in [-0.4, -0.2) is 46.2 Å². The van der Waals surface area contributed by atoms with E-state index in [1.54, 1.807) is 20.8 Å². The number of amides is 1. The number of esters is 2. The topological polar surface area (TPSA) is 119 Å². The Bertz CT molecular complexity index is 756. The summed E-state index contributed by atoms with van der Waals surface area (Å²) in [5.74, 6) is -3.17. The van der Waals surface area contributed by atoms with Gasteiger partial charge in [-0.1, -0.05) is 19.3 Å². The van der Waals surface area contributed by atoms with E-state index in [9.17, 15) is 24.3 Å². The number of nitrogens with one attached hydrogen (secondary N) is 1. The van der Waals surface area contributed by atoms with Gasteiger partial charge in [-0.15, -0.1) is 0 Å². The number of carbonyl (C=O) groups is 4. The SMILES string of the molecule is CC(C)(C)OC(=O)C(CC(=O)O)CC1(C(=O)N[C@@H]2CCC[C@H](C(=O)OC(C)(C)C)C2)CCCC1. The van der Waals surface area contributed by atoms with Crippen LogP contribution in [0.25, 0.3) is 0 Å². The van der Waals surface area contributed by atoms with Crippen LogP contribution in [0.4, 0.5) is 0 Å². The lowest BCUT2D eigenvalue weighted by atomic mass is 9.75. The Morgan fingerprint density at radius 2 is 1.53 bits per heavy atom. The lowest BCUT2D eigenvalue weighted by molar-refractivity contribution is -0.165. The Morgan fingerprint density at radius 1 is 0.941 bits per heavy atom. The number of ether oxygens (including phenoxy) is 2. The summed E-state index contributed by atoms with van der Waals surface area (Å²) < 4.78 is 11.0. The second-order valence-corrected chi connectivity index (χ2v) is 12.1. The standard InChI is InChI=1S/C26H43NO7/c1-24(2,3)33-21(30)17-10-9-11-19(14-17)27-23(32)26(12-7-8-13-26)16-18(15-20(28)29)22(31)34-25(4,5)6/h17-19H,7-16H2,1-6H3,(H,27,32)(H,28,29)/t17-,18?,19+/m0/s1. The molecule has 0 aromatic rings. The molecule has 2 saturated carbocycles. The lowest BCUT2D eigenvalue weighted by Crippen LogP contribution is -2.48. The molecule has 2 aliphatic rings. The zero-order chi connectivity index (χ0) is 25.7. The maximum atomic E-state index is 13.5. The molecule has 0 aromatic carbocycles. The molecule has 0 saturated heterocycles. The third-order valence-electron chi connectivity index (χ3n) is 6.59. The van der Waals surface area contributed by atoms with Crippen molar-refractivity contribution < 1.29 is 33.8 Å². The fraction of sp³-hybridized carbons (Fsp3) is 0.846. The van der Waals surface area contributed by atoms with Gasteiger partial charge in [0.05, 0.1) is 23.7 Å². The van der Waals surface area contributed by atoms with Crippen molar-refractivity contribution in [2.45, 2.75) is 123 Å². The molecule has 34 heavy (non-hydrogen) atoms. The molecule has 2 fully saturated rings. The van der Waals surface area contributed by atoms with Crippen LogP contribution in [0.15, 0.2) is 0 Å². The molecule has 0 aliphatic heterocycles. The normalized spacial score (nSPS) is 23.6. The van der Waals surface area contributed by atoms with Crippen LogP contribution in [-0.2, 0) is 28.7 Å². The first kappa shape index (κ1) is 28.1. The Labute approximate surface area is 203 Å². The predicted molar refractivity (Wildman–Crippen MR) is 127 cm³/mol. The summed E-state index contributed by atoms with van der Waals surface area (Å²) in [6, 6.07) is -0.143. The minimum absolute atomic E-state index is 0.140. The molecule has 8 nitrogen and oxygen atoms in total. The van der Waals surface area contributed by atoms with Crippen LogP contribution in [0.5, 0.6) is 0 Å². The summed E-state index contributed by atoms with van der Waals surface area (Å²) in [5, 5.41) is 12.5. The number of hydrogen-bond acceptors (Lipinski definition) is 6. The molecule has 0 heterocycles. The fourth-order valence-corrected chi connectivity index (χ4v) is 5.14. The van der Waals surface area contributed by atoms with E-state index in [0.29, 0.717) is 19.3 Å². The second-order valence-electron chi connectivity index (χ2n) is 12.1. The summed E-state index contributed by atoms with van der Waals surface area (Å²) in [5.41, 5.74) is -2.09. The van der Waals surface area contributed by atoms with Gasteiger partial charge in [0.2, 0.25) is 5.91 Å². The molecule has 3 atom stereocenters. The van der Waals surface area contributed by atoms with E-state index in [-0.39, 0.29) is 36.7 Å². The zero-order valence-electron chi connectivity index (χ0n) is 21.7. The zero-order valence-corrected chi connectivity index (χ0v) is 21.7. The van der Waals surface area contributed by atoms with Crippen LogP contribution in [0.2, 0.25) is 0 Å². The quantitative estimate of drug-likeness (QED) is 0.494. The van der Waals surface area contributed by atoms with Gasteiger partial charge in [0, 0.05) is 6.04 Å². The maximum absolute atomic E-state index is 13.5. The summed E-state index contributed by atoms with van der Waals surface area (Å²) >= 11 is 0. The van der Waals surface area contributed by atoms with E-state index in [1.165, 1.54) is 0 Å². The lowest BCUT2D eigenvalue weighted by Gasteiger charge is -2.36. The highest BCUT2D eigenvalue weighted by Crippen LogP contribution is 2.45. The Hall–Kier alpha value is -2.12. The van der Waals surface area contributed by atoms with Gasteiger partial charge in [0.15, 0.2) is 0 Å². The van der Waals surface area contributed by atoms with Crippen LogP contribution in [0, 0.1) is 17.3 Å². The number of carbonyl (C=O) groups excluding carboxylic acids is 3. The van der Waals surface area contributed by atoms with Crippen molar-refractivity contribution in [2.75, 3.05) is 0 Å².